The van der Waals surface area contributed by atoms with E-state index in [1.807, 2.05) is 23.1 Å². The zero-order valence-electron chi connectivity index (χ0n) is 16.8. The summed E-state index contributed by atoms with van der Waals surface area (Å²) in [6, 6.07) is 14.2. The number of hydrogen-bond acceptors (Lipinski definition) is 3. The monoisotopic (exact) mass is 444 g/mol. The van der Waals surface area contributed by atoms with Crippen LogP contribution in [0.5, 0.6) is 0 Å². The summed E-state index contributed by atoms with van der Waals surface area (Å²) in [6.45, 7) is 1.70. The van der Waals surface area contributed by atoms with Crippen molar-refractivity contribution >= 4 is 38.2 Å². The molecule has 4 rings (SSSR count). The van der Waals surface area contributed by atoms with Crippen LogP contribution in [0.25, 0.3) is 10.9 Å². The van der Waals surface area contributed by atoms with Crippen LogP contribution in [0, 0.1) is 0 Å². The average Bonchev–Trinajstić information content (AvgIpc) is 2.88. The Labute approximate surface area is 182 Å². The van der Waals surface area contributed by atoms with E-state index in [-0.39, 0.29) is 23.1 Å². The van der Waals surface area contributed by atoms with Crippen LogP contribution in [0.3, 0.4) is 0 Å². The molecule has 0 unspecified atom stereocenters. The highest BCUT2D eigenvalue weighted by molar-refractivity contribution is 7.90. The molecule has 30 heavy (non-hydrogen) atoms. The Morgan fingerprint density at radius 2 is 1.70 bits per heavy atom. The van der Waals surface area contributed by atoms with Crippen molar-refractivity contribution in [3.63, 3.8) is 0 Å². The third kappa shape index (κ3) is 4.55. The number of para-hydroxylation sites is 1. The molecular weight excluding hydrogens is 420 g/mol. The molecule has 1 aliphatic heterocycles. The van der Waals surface area contributed by atoms with E-state index in [4.69, 9.17) is 11.6 Å². The molecule has 1 saturated heterocycles. The first-order chi connectivity index (χ1) is 14.4. The summed E-state index contributed by atoms with van der Waals surface area (Å²) in [5.41, 5.74) is 1.39. The summed E-state index contributed by atoms with van der Waals surface area (Å²) in [5.74, 6) is -0.0989. The number of carbonyl (C=O) groups excluding carboxylic acids is 1. The number of carbonyl (C=O) groups is 1. The number of benzene rings is 2. The van der Waals surface area contributed by atoms with Gasteiger partial charge in [0.15, 0.2) is 9.84 Å². The van der Waals surface area contributed by atoms with Gasteiger partial charge in [-0.3, -0.25) is 4.79 Å². The second-order valence-electron chi connectivity index (χ2n) is 7.82. The van der Waals surface area contributed by atoms with Crippen molar-refractivity contribution < 1.29 is 13.2 Å². The van der Waals surface area contributed by atoms with Crippen LogP contribution >= 0.6 is 11.6 Å². The number of sulfone groups is 1. The summed E-state index contributed by atoms with van der Waals surface area (Å²) in [6.07, 6.45) is 5.97. The van der Waals surface area contributed by atoms with Crippen LogP contribution < -0.4 is 0 Å². The van der Waals surface area contributed by atoms with E-state index in [0.717, 1.165) is 44.3 Å². The first kappa shape index (κ1) is 20.9. The number of hydrogen-bond donors (Lipinski definition) is 0. The molecular formula is C23H25ClN2O3S. The lowest BCUT2D eigenvalue weighted by Crippen LogP contribution is -2.34. The van der Waals surface area contributed by atoms with Crippen molar-refractivity contribution in [1.29, 1.82) is 0 Å². The molecule has 7 heteroatoms. The summed E-state index contributed by atoms with van der Waals surface area (Å²) in [7, 11) is -3.61. The minimum Gasteiger partial charge on any atom is -0.341 e. The maximum atomic E-state index is 13.2. The van der Waals surface area contributed by atoms with Gasteiger partial charge in [-0.05, 0) is 36.6 Å². The van der Waals surface area contributed by atoms with Crippen molar-refractivity contribution in [2.24, 2.45) is 0 Å². The van der Waals surface area contributed by atoms with E-state index in [0.29, 0.717) is 16.0 Å². The fraction of sp³-hybridized carbons (Fsp3) is 0.348. The van der Waals surface area contributed by atoms with Gasteiger partial charge in [0.05, 0.1) is 10.6 Å². The van der Waals surface area contributed by atoms with Crippen molar-refractivity contribution in [3.8, 4) is 0 Å². The average molecular weight is 445 g/mol. The lowest BCUT2D eigenvalue weighted by atomic mass is 10.2. The lowest BCUT2D eigenvalue weighted by molar-refractivity contribution is -0.131. The highest BCUT2D eigenvalue weighted by Gasteiger charge is 2.23. The lowest BCUT2D eigenvalue weighted by Gasteiger charge is -2.20. The molecule has 2 aromatic carbocycles. The van der Waals surface area contributed by atoms with E-state index >= 15 is 0 Å². The van der Waals surface area contributed by atoms with Crippen LogP contribution in [0.1, 0.15) is 31.2 Å². The molecule has 2 heterocycles. The molecule has 0 N–H and O–H groups in total. The van der Waals surface area contributed by atoms with Crippen molar-refractivity contribution in [1.82, 2.24) is 9.47 Å². The maximum Gasteiger partial charge on any atom is 0.242 e. The third-order valence-corrected chi connectivity index (χ3v) is 7.54. The second-order valence-corrected chi connectivity index (χ2v) is 10.2. The molecule has 1 fully saturated rings. The Morgan fingerprint density at radius 1 is 0.967 bits per heavy atom. The van der Waals surface area contributed by atoms with Crippen LogP contribution in [0.4, 0.5) is 0 Å². The minimum atomic E-state index is -3.61. The number of fused-ring (bicyclic) bond motifs is 1. The van der Waals surface area contributed by atoms with Gasteiger partial charge < -0.3 is 9.47 Å². The van der Waals surface area contributed by atoms with Gasteiger partial charge in [-0.1, -0.05) is 54.8 Å². The van der Waals surface area contributed by atoms with Crippen molar-refractivity contribution in [2.45, 2.75) is 42.9 Å². The number of aromatic nitrogens is 1. The number of rotatable bonds is 5. The molecule has 0 spiro atoms. The van der Waals surface area contributed by atoms with Gasteiger partial charge in [0.1, 0.15) is 6.54 Å². The summed E-state index contributed by atoms with van der Waals surface area (Å²) >= 11 is 6.02. The summed E-state index contributed by atoms with van der Waals surface area (Å²) in [4.78, 5) is 15.0. The first-order valence-electron chi connectivity index (χ1n) is 10.3. The van der Waals surface area contributed by atoms with Crippen LogP contribution in [0.2, 0.25) is 5.02 Å². The molecule has 1 aliphatic rings. The predicted molar refractivity (Wildman–Crippen MR) is 119 cm³/mol. The Balaban J connectivity index is 1.65. The quantitative estimate of drug-likeness (QED) is 0.574. The topological polar surface area (TPSA) is 59.4 Å². The molecule has 158 valence electrons. The minimum absolute atomic E-state index is 0.0384. The number of amides is 1. The van der Waals surface area contributed by atoms with Gasteiger partial charge >= 0.3 is 0 Å². The van der Waals surface area contributed by atoms with E-state index < -0.39 is 9.84 Å². The maximum absolute atomic E-state index is 13.2. The molecule has 3 aromatic rings. The number of nitrogens with zero attached hydrogens (tertiary/aromatic N) is 2. The summed E-state index contributed by atoms with van der Waals surface area (Å²) in [5, 5.41) is 1.15. The van der Waals surface area contributed by atoms with E-state index in [1.165, 1.54) is 0 Å². The van der Waals surface area contributed by atoms with Crippen LogP contribution in [-0.2, 0) is 26.9 Å². The molecule has 0 bridgehead atoms. The Kier molecular flexibility index (Phi) is 6.16. The molecule has 0 aliphatic carbocycles. The van der Waals surface area contributed by atoms with Crippen LogP contribution in [-0.4, -0.2) is 36.9 Å². The number of halogens is 1. The number of likely N-dealkylation sites (tertiary alicyclic amines) is 1. The van der Waals surface area contributed by atoms with Gasteiger partial charge in [0.25, 0.3) is 0 Å². The fourth-order valence-corrected chi connectivity index (χ4v) is 5.86. The molecule has 0 saturated carbocycles. The van der Waals surface area contributed by atoms with E-state index in [9.17, 15) is 13.2 Å². The Bertz CT molecular complexity index is 1160. The molecule has 5 nitrogen and oxygen atoms in total. The van der Waals surface area contributed by atoms with Gasteiger partial charge in [0.2, 0.25) is 5.91 Å². The largest absolute Gasteiger partial charge is 0.341 e. The van der Waals surface area contributed by atoms with Crippen molar-refractivity contribution in [3.05, 3.63) is 65.3 Å². The fourth-order valence-electron chi connectivity index (χ4n) is 4.08. The van der Waals surface area contributed by atoms with Crippen LogP contribution in [0.15, 0.2) is 59.6 Å². The molecule has 1 amide bonds. The Hall–Kier alpha value is -2.31. The molecule has 0 atom stereocenters. The summed E-state index contributed by atoms with van der Waals surface area (Å²) < 4.78 is 28.2. The molecule has 1 aromatic heterocycles. The predicted octanol–water partition coefficient (Wildman–Crippen LogP) is 4.67. The third-order valence-electron chi connectivity index (χ3n) is 5.60. The zero-order valence-corrected chi connectivity index (χ0v) is 18.3. The highest BCUT2D eigenvalue weighted by atomic mass is 35.5. The van der Waals surface area contributed by atoms with E-state index in [2.05, 4.69) is 0 Å². The highest BCUT2D eigenvalue weighted by Crippen LogP contribution is 2.28. The van der Waals surface area contributed by atoms with Gasteiger partial charge in [0, 0.05) is 35.2 Å². The van der Waals surface area contributed by atoms with Gasteiger partial charge in [-0.15, -0.1) is 0 Å². The van der Waals surface area contributed by atoms with Gasteiger partial charge in [-0.25, -0.2) is 8.42 Å². The smallest absolute Gasteiger partial charge is 0.242 e. The Morgan fingerprint density at radius 3 is 2.43 bits per heavy atom. The zero-order chi connectivity index (χ0) is 21.1. The SMILES string of the molecule is O=C(Cn1cc(S(=O)(=O)Cc2cccc(Cl)c2)c2ccccc21)N1CCCCCC1. The van der Waals surface area contributed by atoms with E-state index in [1.54, 1.807) is 41.1 Å². The second kappa shape index (κ2) is 8.82. The van der Waals surface area contributed by atoms with Gasteiger partial charge in [-0.2, -0.15) is 0 Å². The first-order valence-corrected chi connectivity index (χ1v) is 12.3. The standard InChI is InChI=1S/C23H25ClN2O3S/c24-19-9-7-8-18(14-19)17-30(28,29)22-15-26(21-11-4-3-10-20(21)22)16-23(27)25-12-5-1-2-6-13-25/h3-4,7-11,14-15H,1-2,5-6,12-13,16-17H2. The normalized spacial score (nSPS) is 15.3. The molecule has 0 radical (unpaired) electrons. The van der Waals surface area contributed by atoms with Crippen molar-refractivity contribution in [2.75, 3.05) is 13.1 Å².